The van der Waals surface area contributed by atoms with Crippen LogP contribution in [0.15, 0.2) is 60.8 Å². The van der Waals surface area contributed by atoms with Crippen molar-refractivity contribution in [2.45, 2.75) is 18.9 Å². The normalized spacial score (nSPS) is 17.1. The Morgan fingerprint density at radius 2 is 2.06 bits per heavy atom. The average molecular weight is 520 g/mol. The summed E-state index contributed by atoms with van der Waals surface area (Å²) < 4.78 is 5.88. The van der Waals surface area contributed by atoms with Gasteiger partial charge in [-0.25, -0.2) is 9.78 Å². The molecule has 1 atom stereocenters. The number of aromatic nitrogens is 1. The van der Waals surface area contributed by atoms with Gasteiger partial charge < -0.3 is 20.7 Å². The van der Waals surface area contributed by atoms with E-state index in [2.05, 4.69) is 20.9 Å². The number of pyridine rings is 1. The minimum Gasteiger partial charge on any atom is -0.456 e. The number of hydrogen-bond donors (Lipinski definition) is 3. The largest absolute Gasteiger partial charge is 0.456 e. The zero-order valence-electron chi connectivity index (χ0n) is 19.1. The maximum atomic E-state index is 13.3. The molecule has 0 radical (unpaired) electrons. The van der Waals surface area contributed by atoms with Crippen LogP contribution in [-0.2, 0) is 0 Å². The Labute approximate surface area is 216 Å². The lowest BCUT2D eigenvalue weighted by atomic mass is 10.1. The summed E-state index contributed by atoms with van der Waals surface area (Å²) in [6.45, 7) is 1.70. The Morgan fingerprint density at radius 1 is 1.19 bits per heavy atom. The first-order valence-corrected chi connectivity index (χ1v) is 12.8. The quantitative estimate of drug-likeness (QED) is 0.305. The monoisotopic (exact) mass is 519 g/mol. The lowest BCUT2D eigenvalue weighted by Gasteiger charge is -2.29. The van der Waals surface area contributed by atoms with Gasteiger partial charge in [0.1, 0.15) is 21.2 Å². The minimum absolute atomic E-state index is 0.0608. The zero-order valence-corrected chi connectivity index (χ0v) is 20.7. The molecule has 0 unspecified atom stereocenters. The van der Waals surface area contributed by atoms with Gasteiger partial charge in [-0.1, -0.05) is 29.8 Å². The fourth-order valence-corrected chi connectivity index (χ4v) is 5.79. The van der Waals surface area contributed by atoms with Crippen LogP contribution in [0.4, 0.5) is 21.9 Å². The molecule has 4 heterocycles. The van der Waals surface area contributed by atoms with E-state index in [1.807, 2.05) is 30.3 Å². The van der Waals surface area contributed by atoms with E-state index in [9.17, 15) is 9.59 Å². The summed E-state index contributed by atoms with van der Waals surface area (Å²) in [4.78, 5) is 33.6. The SMILES string of the molecule is O=C(N[C@@H]1CCCNC1)c1sc2nccc3c2c1NC(=O)N3c1ccc(Oc2ccccc2)c(Cl)c1. The van der Waals surface area contributed by atoms with Crippen LogP contribution in [0.2, 0.25) is 5.02 Å². The number of urea groups is 1. The molecule has 1 saturated heterocycles. The number of piperidine rings is 1. The van der Waals surface area contributed by atoms with Gasteiger partial charge in [0.15, 0.2) is 0 Å². The van der Waals surface area contributed by atoms with Crippen molar-refractivity contribution in [2.24, 2.45) is 0 Å². The number of halogens is 1. The number of benzene rings is 2. The first kappa shape index (κ1) is 22.8. The Morgan fingerprint density at radius 3 is 2.83 bits per heavy atom. The maximum absolute atomic E-state index is 13.3. The topological polar surface area (TPSA) is 95.6 Å². The van der Waals surface area contributed by atoms with Gasteiger partial charge in [0, 0.05) is 18.8 Å². The van der Waals surface area contributed by atoms with E-state index in [1.165, 1.54) is 16.2 Å². The highest BCUT2D eigenvalue weighted by atomic mass is 35.5. The molecule has 2 aromatic heterocycles. The molecule has 6 rings (SSSR count). The molecule has 36 heavy (non-hydrogen) atoms. The van der Waals surface area contributed by atoms with E-state index in [0.29, 0.717) is 43.3 Å². The molecule has 2 aliphatic heterocycles. The van der Waals surface area contributed by atoms with Crippen molar-refractivity contribution < 1.29 is 14.3 Å². The number of nitrogens with one attached hydrogen (secondary N) is 3. The Hall–Kier alpha value is -3.66. The summed E-state index contributed by atoms with van der Waals surface area (Å²) in [6, 6.07) is 16.0. The molecule has 0 saturated carbocycles. The number of ether oxygens (including phenoxy) is 1. The molecule has 10 heteroatoms. The second-order valence-corrected chi connectivity index (χ2v) is 10.0. The van der Waals surface area contributed by atoms with Crippen LogP contribution >= 0.6 is 22.9 Å². The highest BCUT2D eigenvalue weighted by Crippen LogP contribution is 2.46. The standard InChI is InChI=1S/C26H22ClN5O3S/c27-18-13-16(8-9-20(18)35-17-6-2-1-3-7-17)32-19-10-12-29-25-21(19)22(31-26(32)34)23(36-25)24(33)30-15-5-4-11-28-14-15/h1-3,6-10,12-13,15,28H,4-5,11,14H2,(H,30,33)(H,31,34)/t15-/m1/s1. The van der Waals surface area contributed by atoms with Crippen LogP contribution in [-0.4, -0.2) is 36.1 Å². The molecule has 0 spiro atoms. The van der Waals surface area contributed by atoms with Crippen molar-refractivity contribution in [3.63, 3.8) is 0 Å². The summed E-state index contributed by atoms with van der Waals surface area (Å²) in [5.41, 5.74) is 1.71. The average Bonchev–Trinajstić information content (AvgIpc) is 3.26. The van der Waals surface area contributed by atoms with Crippen molar-refractivity contribution >= 4 is 62.2 Å². The summed E-state index contributed by atoms with van der Waals surface area (Å²) in [5.74, 6) is 0.944. The first-order valence-electron chi connectivity index (χ1n) is 11.6. The molecule has 4 aromatic rings. The molecule has 8 nitrogen and oxygen atoms in total. The van der Waals surface area contributed by atoms with Gasteiger partial charge in [-0.3, -0.25) is 9.69 Å². The third-order valence-electron chi connectivity index (χ3n) is 6.23. The van der Waals surface area contributed by atoms with Gasteiger partial charge in [-0.15, -0.1) is 11.3 Å². The van der Waals surface area contributed by atoms with E-state index in [0.717, 1.165) is 31.3 Å². The zero-order chi connectivity index (χ0) is 24.6. The molecule has 3 N–H and O–H groups in total. The van der Waals surface area contributed by atoms with Gasteiger partial charge in [0.2, 0.25) is 0 Å². The van der Waals surface area contributed by atoms with E-state index in [1.54, 1.807) is 30.5 Å². The molecule has 0 aliphatic carbocycles. The molecule has 1 fully saturated rings. The smallest absolute Gasteiger partial charge is 0.331 e. The lowest BCUT2D eigenvalue weighted by Crippen LogP contribution is -2.45. The number of carbonyl (C=O) groups excluding carboxylic acids is 2. The van der Waals surface area contributed by atoms with Crippen LogP contribution < -0.4 is 25.6 Å². The van der Waals surface area contributed by atoms with Crippen LogP contribution in [0.3, 0.4) is 0 Å². The molecular weight excluding hydrogens is 498 g/mol. The van der Waals surface area contributed by atoms with Crippen LogP contribution in [0.25, 0.3) is 10.2 Å². The van der Waals surface area contributed by atoms with Crippen LogP contribution in [0.1, 0.15) is 22.5 Å². The van der Waals surface area contributed by atoms with Crippen LogP contribution in [0.5, 0.6) is 11.5 Å². The van der Waals surface area contributed by atoms with E-state index in [4.69, 9.17) is 16.3 Å². The predicted octanol–water partition coefficient (Wildman–Crippen LogP) is 5.91. The molecule has 0 bridgehead atoms. The van der Waals surface area contributed by atoms with Gasteiger partial charge in [-0.2, -0.15) is 0 Å². The van der Waals surface area contributed by atoms with Crippen molar-refractivity contribution in [3.8, 4) is 11.5 Å². The second kappa shape index (κ2) is 9.42. The highest BCUT2D eigenvalue weighted by molar-refractivity contribution is 7.21. The Balaban J connectivity index is 1.34. The summed E-state index contributed by atoms with van der Waals surface area (Å²) in [7, 11) is 0. The maximum Gasteiger partial charge on any atom is 0.331 e. The fourth-order valence-electron chi connectivity index (χ4n) is 4.55. The first-order chi connectivity index (χ1) is 17.6. The van der Waals surface area contributed by atoms with E-state index in [-0.39, 0.29) is 18.0 Å². The number of nitrogens with zero attached hydrogens (tertiary/aromatic N) is 2. The summed E-state index contributed by atoms with van der Waals surface area (Å²) in [6.07, 6.45) is 3.58. The predicted molar refractivity (Wildman–Crippen MR) is 142 cm³/mol. The number of carbonyl (C=O) groups is 2. The number of para-hydroxylation sites is 1. The molecule has 182 valence electrons. The minimum atomic E-state index is -0.380. The number of amides is 3. The van der Waals surface area contributed by atoms with Gasteiger partial charge in [0.05, 0.1) is 27.5 Å². The molecule has 2 aliphatic rings. The number of hydrogen-bond acceptors (Lipinski definition) is 6. The van der Waals surface area contributed by atoms with Gasteiger partial charge >= 0.3 is 6.03 Å². The third-order valence-corrected chi connectivity index (χ3v) is 7.62. The van der Waals surface area contributed by atoms with Gasteiger partial charge in [-0.05, 0) is 55.8 Å². The van der Waals surface area contributed by atoms with Crippen molar-refractivity contribution in [2.75, 3.05) is 23.3 Å². The van der Waals surface area contributed by atoms with Crippen molar-refractivity contribution in [1.29, 1.82) is 0 Å². The summed E-state index contributed by atoms with van der Waals surface area (Å²) in [5, 5.41) is 10.4. The third kappa shape index (κ3) is 4.15. The Bertz CT molecular complexity index is 1470. The molecular formula is C26H22ClN5O3S. The van der Waals surface area contributed by atoms with Crippen molar-refractivity contribution in [1.82, 2.24) is 15.6 Å². The number of anilines is 3. The second-order valence-electron chi connectivity index (χ2n) is 8.63. The lowest BCUT2D eigenvalue weighted by molar-refractivity contribution is 0.0935. The highest BCUT2D eigenvalue weighted by Gasteiger charge is 2.33. The van der Waals surface area contributed by atoms with E-state index < -0.39 is 0 Å². The molecule has 3 amide bonds. The van der Waals surface area contributed by atoms with E-state index >= 15 is 0 Å². The van der Waals surface area contributed by atoms with Crippen LogP contribution in [0, 0.1) is 0 Å². The fraction of sp³-hybridized carbons (Fsp3) is 0.192. The Kier molecular flexibility index (Phi) is 5.96. The van der Waals surface area contributed by atoms with Gasteiger partial charge in [0.25, 0.3) is 5.91 Å². The summed E-state index contributed by atoms with van der Waals surface area (Å²) >= 11 is 7.81. The number of thiophene rings is 1. The molecule has 2 aromatic carbocycles. The van der Waals surface area contributed by atoms with Crippen molar-refractivity contribution in [3.05, 3.63) is 70.7 Å². The number of rotatable bonds is 5.